The van der Waals surface area contributed by atoms with Crippen molar-refractivity contribution in [2.45, 2.75) is 13.5 Å². The van der Waals surface area contributed by atoms with E-state index >= 15 is 0 Å². The summed E-state index contributed by atoms with van der Waals surface area (Å²) in [4.78, 5) is 4.34. The molecule has 0 spiro atoms. The number of aromatic hydroxyl groups is 1. The molecule has 1 aromatic heterocycles. The number of phenolic OH excluding ortho intramolecular Hbond substituents is 1. The van der Waals surface area contributed by atoms with Crippen LogP contribution >= 0.6 is 54.5 Å². The van der Waals surface area contributed by atoms with Crippen LogP contribution in [0, 0.1) is 10.5 Å². The number of hydrogen-bond donors (Lipinski definition) is 2. The topological polar surface area (TPSA) is 45.2 Å². The van der Waals surface area contributed by atoms with Crippen molar-refractivity contribution in [1.82, 2.24) is 4.98 Å². The average Bonchev–Trinajstić information content (AvgIpc) is 2.33. The van der Waals surface area contributed by atoms with Crippen molar-refractivity contribution >= 4 is 60.3 Å². The lowest BCUT2D eigenvalue weighted by Gasteiger charge is -2.11. The number of aromatic nitrogens is 1. The molecule has 0 saturated heterocycles. The van der Waals surface area contributed by atoms with Crippen LogP contribution in [0.25, 0.3) is 0 Å². The molecule has 6 heteroatoms. The third kappa shape index (κ3) is 3.82. The van der Waals surface area contributed by atoms with E-state index in [4.69, 9.17) is 0 Å². The highest BCUT2D eigenvalue weighted by atomic mass is 127. The molecule has 1 aromatic carbocycles. The van der Waals surface area contributed by atoms with Crippen molar-refractivity contribution in [3.05, 3.63) is 48.0 Å². The number of hydrogen-bond acceptors (Lipinski definition) is 3. The first-order valence-electron chi connectivity index (χ1n) is 5.50. The highest BCUT2D eigenvalue weighted by molar-refractivity contribution is 14.1. The van der Waals surface area contributed by atoms with Crippen LogP contribution in [-0.2, 0) is 6.54 Å². The lowest BCUT2D eigenvalue weighted by atomic mass is 10.2. The molecule has 2 rings (SSSR count). The molecule has 0 unspecified atom stereocenters. The maximum atomic E-state index is 9.98. The highest BCUT2D eigenvalue weighted by Gasteiger charge is 2.08. The van der Waals surface area contributed by atoms with Crippen LogP contribution in [0.4, 0.5) is 5.82 Å². The fraction of sp³-hybridized carbons (Fsp3) is 0.154. The lowest BCUT2D eigenvalue weighted by molar-refractivity contribution is 0.465. The van der Waals surface area contributed by atoms with E-state index in [1.165, 1.54) is 0 Å². The summed E-state index contributed by atoms with van der Waals surface area (Å²) >= 11 is 8.97. The molecule has 0 aliphatic carbocycles. The molecule has 0 bridgehead atoms. The quantitative estimate of drug-likeness (QED) is 0.597. The Morgan fingerprint density at radius 3 is 2.74 bits per heavy atom. The molecule has 0 aliphatic heterocycles. The summed E-state index contributed by atoms with van der Waals surface area (Å²) in [5, 5.41) is 13.2. The lowest BCUT2D eigenvalue weighted by Crippen LogP contribution is -2.04. The Hall–Kier alpha value is -0.340. The molecule has 2 aromatic rings. The van der Waals surface area contributed by atoms with E-state index in [0.717, 1.165) is 25.0 Å². The van der Waals surface area contributed by atoms with Crippen LogP contribution in [0.2, 0.25) is 0 Å². The average molecular weight is 498 g/mol. The first-order valence-corrected chi connectivity index (χ1v) is 8.16. The molecular formula is C13H11Br2IN2O. The van der Waals surface area contributed by atoms with E-state index in [0.29, 0.717) is 11.0 Å². The summed E-state index contributed by atoms with van der Waals surface area (Å²) in [6.45, 7) is 2.52. The van der Waals surface area contributed by atoms with E-state index in [2.05, 4.69) is 70.8 Å². The Kier molecular flexibility index (Phi) is 5.08. The van der Waals surface area contributed by atoms with Crippen molar-refractivity contribution in [3.63, 3.8) is 0 Å². The Balaban J connectivity index is 2.19. The van der Waals surface area contributed by atoms with E-state index in [1.807, 2.05) is 25.3 Å². The minimum Gasteiger partial charge on any atom is -0.506 e. The number of rotatable bonds is 3. The summed E-state index contributed by atoms with van der Waals surface area (Å²) in [6, 6.07) is 5.76. The van der Waals surface area contributed by atoms with E-state index < -0.39 is 0 Å². The van der Waals surface area contributed by atoms with Crippen molar-refractivity contribution in [1.29, 1.82) is 0 Å². The maximum Gasteiger partial charge on any atom is 0.134 e. The predicted molar refractivity (Wildman–Crippen MR) is 92.5 cm³/mol. The van der Waals surface area contributed by atoms with Crippen molar-refractivity contribution in [2.75, 3.05) is 5.32 Å². The van der Waals surface area contributed by atoms with Gasteiger partial charge in [0, 0.05) is 26.3 Å². The van der Waals surface area contributed by atoms with Gasteiger partial charge in [-0.1, -0.05) is 15.9 Å². The zero-order chi connectivity index (χ0) is 14.0. The SMILES string of the molecule is Cc1cc(I)cnc1NCc1cc(Br)cc(Br)c1O. The van der Waals surface area contributed by atoms with Crippen LogP contribution in [0.15, 0.2) is 33.3 Å². The smallest absolute Gasteiger partial charge is 0.134 e. The van der Waals surface area contributed by atoms with E-state index in [9.17, 15) is 5.11 Å². The van der Waals surface area contributed by atoms with Gasteiger partial charge < -0.3 is 10.4 Å². The van der Waals surface area contributed by atoms with Crippen LogP contribution in [-0.4, -0.2) is 10.1 Å². The number of halogens is 3. The van der Waals surface area contributed by atoms with Crippen molar-refractivity contribution in [2.24, 2.45) is 0 Å². The molecule has 3 nitrogen and oxygen atoms in total. The van der Waals surface area contributed by atoms with Gasteiger partial charge in [0.05, 0.1) is 4.47 Å². The molecule has 0 atom stereocenters. The molecule has 0 radical (unpaired) electrons. The normalized spacial score (nSPS) is 10.5. The summed E-state index contributed by atoms with van der Waals surface area (Å²) in [5.74, 6) is 1.08. The van der Waals surface area contributed by atoms with Gasteiger partial charge in [0.15, 0.2) is 0 Å². The monoisotopic (exact) mass is 496 g/mol. The van der Waals surface area contributed by atoms with Gasteiger partial charge in [-0.05, 0) is 69.2 Å². The third-order valence-corrected chi connectivity index (χ3v) is 4.25. The zero-order valence-electron chi connectivity index (χ0n) is 10.0. The summed E-state index contributed by atoms with van der Waals surface area (Å²) in [5.41, 5.74) is 1.89. The molecule has 19 heavy (non-hydrogen) atoms. The molecule has 0 fully saturated rings. The maximum absolute atomic E-state index is 9.98. The van der Waals surface area contributed by atoms with Crippen LogP contribution in [0.3, 0.4) is 0 Å². The Morgan fingerprint density at radius 1 is 1.32 bits per heavy atom. The van der Waals surface area contributed by atoms with Gasteiger partial charge in [0.25, 0.3) is 0 Å². The molecule has 0 saturated carbocycles. The minimum absolute atomic E-state index is 0.249. The van der Waals surface area contributed by atoms with E-state index in [1.54, 1.807) is 0 Å². The van der Waals surface area contributed by atoms with Gasteiger partial charge in [-0.2, -0.15) is 0 Å². The van der Waals surface area contributed by atoms with Gasteiger partial charge in [-0.15, -0.1) is 0 Å². The Bertz CT molecular complexity index is 620. The second-order valence-corrected chi connectivity index (χ2v) is 7.08. The summed E-state index contributed by atoms with van der Waals surface area (Å²) in [6.07, 6.45) is 1.81. The number of nitrogens with zero attached hydrogens (tertiary/aromatic N) is 1. The van der Waals surface area contributed by atoms with Crippen LogP contribution < -0.4 is 5.32 Å². The summed E-state index contributed by atoms with van der Waals surface area (Å²) < 4.78 is 2.70. The Morgan fingerprint density at radius 2 is 2.05 bits per heavy atom. The number of anilines is 1. The predicted octanol–water partition coefficient (Wildman–Crippen LogP) is 4.84. The second kappa shape index (κ2) is 6.41. The minimum atomic E-state index is 0.249. The van der Waals surface area contributed by atoms with Gasteiger partial charge >= 0.3 is 0 Å². The molecule has 2 N–H and O–H groups in total. The van der Waals surface area contributed by atoms with Crippen molar-refractivity contribution < 1.29 is 5.11 Å². The number of benzene rings is 1. The number of aryl methyl sites for hydroxylation is 1. The number of nitrogens with one attached hydrogen (secondary N) is 1. The van der Waals surface area contributed by atoms with Gasteiger partial charge in [-0.3, -0.25) is 0 Å². The summed E-state index contributed by atoms with van der Waals surface area (Å²) in [7, 11) is 0. The largest absolute Gasteiger partial charge is 0.506 e. The fourth-order valence-electron chi connectivity index (χ4n) is 1.66. The number of pyridine rings is 1. The highest BCUT2D eigenvalue weighted by Crippen LogP contribution is 2.32. The molecule has 1 heterocycles. The van der Waals surface area contributed by atoms with Gasteiger partial charge in [0.2, 0.25) is 0 Å². The molecular weight excluding hydrogens is 487 g/mol. The van der Waals surface area contributed by atoms with Crippen LogP contribution in [0.1, 0.15) is 11.1 Å². The molecule has 100 valence electrons. The third-order valence-electron chi connectivity index (χ3n) is 2.60. The van der Waals surface area contributed by atoms with Crippen LogP contribution in [0.5, 0.6) is 5.75 Å². The second-order valence-electron chi connectivity index (χ2n) is 4.07. The van der Waals surface area contributed by atoms with Crippen molar-refractivity contribution in [3.8, 4) is 5.75 Å². The number of phenols is 1. The van der Waals surface area contributed by atoms with E-state index in [-0.39, 0.29) is 5.75 Å². The standard InChI is InChI=1S/C13H11Br2IN2O/c1-7-2-10(16)6-18-13(7)17-5-8-3-9(14)4-11(15)12(8)19/h2-4,6,19H,5H2,1H3,(H,17,18). The molecule has 0 amide bonds. The first kappa shape index (κ1) is 15.1. The Labute approximate surface area is 142 Å². The van der Waals surface area contributed by atoms with Gasteiger partial charge in [-0.25, -0.2) is 4.98 Å². The van der Waals surface area contributed by atoms with Gasteiger partial charge in [0.1, 0.15) is 11.6 Å². The molecule has 0 aliphatic rings. The zero-order valence-corrected chi connectivity index (χ0v) is 15.4. The fourth-order valence-corrected chi connectivity index (χ4v) is 3.58. The first-order chi connectivity index (χ1) is 8.97.